The Morgan fingerprint density at radius 2 is 1.68 bits per heavy atom. The number of carbonyl (C=O) groups is 3. The average molecular weight is 453 g/mol. The van der Waals surface area contributed by atoms with Gasteiger partial charge in [-0.05, 0) is 24.1 Å². The van der Waals surface area contributed by atoms with Crippen LogP contribution in [0.2, 0.25) is 0 Å². The minimum Gasteiger partial charge on any atom is -0.360 e. The van der Waals surface area contributed by atoms with Crippen molar-refractivity contribution < 1.29 is 14.4 Å². The standard InChI is InChI=1S/C22H20N4O3S2/c1-12(2)10-23-21-25-26-22(31-21)30-11-18(27)24-13-7-8-16-17(9-13)20(29)15-6-4-3-5-14(15)19(16)28/h3-9,12H,10-11H2,1-2H3,(H,23,25)(H,24,27). The van der Waals surface area contributed by atoms with Crippen molar-refractivity contribution in [2.75, 3.05) is 22.9 Å². The SMILES string of the molecule is CC(C)CNc1nnc(SCC(=O)Nc2ccc3c(c2)C(=O)c2ccccc2C3=O)s1. The number of benzene rings is 2. The maximum absolute atomic E-state index is 12.8. The molecule has 0 aliphatic heterocycles. The van der Waals surface area contributed by atoms with E-state index in [-0.39, 0.29) is 23.2 Å². The van der Waals surface area contributed by atoms with Gasteiger partial charge in [-0.3, -0.25) is 14.4 Å². The molecule has 1 aliphatic carbocycles. The molecule has 31 heavy (non-hydrogen) atoms. The summed E-state index contributed by atoms with van der Waals surface area (Å²) >= 11 is 2.70. The van der Waals surface area contributed by atoms with Gasteiger partial charge < -0.3 is 10.6 Å². The highest BCUT2D eigenvalue weighted by molar-refractivity contribution is 8.01. The van der Waals surface area contributed by atoms with Crippen LogP contribution < -0.4 is 10.6 Å². The fraction of sp³-hybridized carbons (Fsp3) is 0.227. The number of hydrogen-bond acceptors (Lipinski definition) is 8. The van der Waals surface area contributed by atoms with E-state index < -0.39 is 0 Å². The van der Waals surface area contributed by atoms with E-state index in [0.717, 1.165) is 11.7 Å². The highest BCUT2D eigenvalue weighted by atomic mass is 32.2. The number of hydrogen-bond donors (Lipinski definition) is 2. The number of thioether (sulfide) groups is 1. The Labute approximate surface area is 187 Å². The Hall–Kier alpha value is -3.04. The smallest absolute Gasteiger partial charge is 0.234 e. The van der Waals surface area contributed by atoms with Crippen molar-refractivity contribution in [2.45, 2.75) is 18.2 Å². The van der Waals surface area contributed by atoms with Gasteiger partial charge in [0.2, 0.25) is 11.0 Å². The fourth-order valence-electron chi connectivity index (χ4n) is 3.13. The highest BCUT2D eigenvalue weighted by Gasteiger charge is 2.29. The Balaban J connectivity index is 1.40. The van der Waals surface area contributed by atoms with E-state index in [2.05, 4.69) is 34.7 Å². The molecule has 1 aromatic heterocycles. The van der Waals surface area contributed by atoms with Crippen LogP contribution in [0, 0.1) is 5.92 Å². The minimum atomic E-state index is -0.230. The third kappa shape index (κ3) is 4.67. The summed E-state index contributed by atoms with van der Waals surface area (Å²) in [4.78, 5) is 37.9. The summed E-state index contributed by atoms with van der Waals surface area (Å²) in [7, 11) is 0. The molecule has 3 aromatic rings. The lowest BCUT2D eigenvalue weighted by atomic mass is 9.84. The van der Waals surface area contributed by atoms with Crippen LogP contribution in [0.5, 0.6) is 0 Å². The van der Waals surface area contributed by atoms with Gasteiger partial charge >= 0.3 is 0 Å². The first-order valence-electron chi connectivity index (χ1n) is 9.75. The second-order valence-electron chi connectivity index (χ2n) is 7.45. The van der Waals surface area contributed by atoms with E-state index in [4.69, 9.17) is 0 Å². The average Bonchev–Trinajstić information content (AvgIpc) is 3.22. The van der Waals surface area contributed by atoms with Crippen LogP contribution in [0.15, 0.2) is 46.8 Å². The molecule has 2 aromatic carbocycles. The Kier molecular flexibility index (Phi) is 6.15. The van der Waals surface area contributed by atoms with Gasteiger partial charge in [0.15, 0.2) is 15.9 Å². The third-order valence-electron chi connectivity index (χ3n) is 4.60. The zero-order valence-electron chi connectivity index (χ0n) is 17.0. The Morgan fingerprint density at radius 3 is 2.39 bits per heavy atom. The number of carbonyl (C=O) groups excluding carboxylic acids is 3. The number of nitrogens with one attached hydrogen (secondary N) is 2. The topological polar surface area (TPSA) is 101 Å². The molecule has 1 aliphatic rings. The van der Waals surface area contributed by atoms with Crippen LogP contribution in [-0.4, -0.2) is 40.0 Å². The summed E-state index contributed by atoms with van der Waals surface area (Å²) in [5.41, 5.74) is 1.93. The molecule has 0 spiro atoms. The quantitative estimate of drug-likeness (QED) is 0.407. The molecule has 0 fully saturated rings. The predicted molar refractivity (Wildman–Crippen MR) is 122 cm³/mol. The zero-order chi connectivity index (χ0) is 22.0. The fourth-order valence-corrected chi connectivity index (χ4v) is 4.69. The summed E-state index contributed by atoms with van der Waals surface area (Å²) in [5.74, 6) is 0.0265. The van der Waals surface area contributed by atoms with Gasteiger partial charge in [0.25, 0.3) is 0 Å². The van der Waals surface area contributed by atoms with Crippen molar-refractivity contribution in [1.82, 2.24) is 10.2 Å². The molecule has 0 saturated heterocycles. The van der Waals surface area contributed by atoms with E-state index >= 15 is 0 Å². The molecular weight excluding hydrogens is 432 g/mol. The normalized spacial score (nSPS) is 12.5. The molecular formula is C22H20N4O3S2. The first-order chi connectivity index (χ1) is 14.9. The summed E-state index contributed by atoms with van der Waals surface area (Å²) in [5, 5.41) is 14.9. The molecule has 9 heteroatoms. The number of rotatable bonds is 7. The molecule has 4 rings (SSSR count). The molecule has 158 valence electrons. The van der Waals surface area contributed by atoms with Crippen LogP contribution in [0.4, 0.5) is 10.8 Å². The van der Waals surface area contributed by atoms with E-state index in [9.17, 15) is 14.4 Å². The zero-order valence-corrected chi connectivity index (χ0v) is 18.6. The van der Waals surface area contributed by atoms with Gasteiger partial charge in [0, 0.05) is 34.5 Å². The monoisotopic (exact) mass is 452 g/mol. The molecule has 1 heterocycles. The summed E-state index contributed by atoms with van der Waals surface area (Å²) in [6, 6.07) is 11.6. The summed E-state index contributed by atoms with van der Waals surface area (Å²) in [6.45, 7) is 5.03. The van der Waals surface area contributed by atoms with Gasteiger partial charge in [-0.2, -0.15) is 0 Å². The summed E-state index contributed by atoms with van der Waals surface area (Å²) in [6.07, 6.45) is 0. The first kappa shape index (κ1) is 21.2. The van der Waals surface area contributed by atoms with E-state index in [0.29, 0.717) is 38.2 Å². The lowest BCUT2D eigenvalue weighted by Crippen LogP contribution is -2.21. The van der Waals surface area contributed by atoms with Crippen molar-refractivity contribution in [1.29, 1.82) is 0 Å². The van der Waals surface area contributed by atoms with Gasteiger partial charge in [-0.15, -0.1) is 10.2 Å². The second kappa shape index (κ2) is 8.99. The first-order valence-corrected chi connectivity index (χ1v) is 11.5. The Bertz CT molecular complexity index is 1170. The maximum Gasteiger partial charge on any atom is 0.234 e. The summed E-state index contributed by atoms with van der Waals surface area (Å²) < 4.78 is 0.698. The predicted octanol–water partition coefficient (Wildman–Crippen LogP) is 4.11. The number of fused-ring (bicyclic) bond motifs is 2. The van der Waals surface area contributed by atoms with Crippen LogP contribution in [0.1, 0.15) is 45.7 Å². The molecule has 0 unspecified atom stereocenters. The number of amides is 1. The van der Waals surface area contributed by atoms with Gasteiger partial charge in [-0.25, -0.2) is 0 Å². The molecule has 2 N–H and O–H groups in total. The molecule has 7 nitrogen and oxygen atoms in total. The van der Waals surface area contributed by atoms with Crippen LogP contribution >= 0.6 is 23.1 Å². The largest absolute Gasteiger partial charge is 0.360 e. The molecule has 0 atom stereocenters. The van der Waals surface area contributed by atoms with Crippen molar-refractivity contribution in [3.8, 4) is 0 Å². The lowest BCUT2D eigenvalue weighted by Gasteiger charge is -2.18. The number of ketones is 2. The van der Waals surface area contributed by atoms with Gasteiger partial charge in [-0.1, -0.05) is 61.2 Å². The minimum absolute atomic E-state index is 0.158. The number of aromatic nitrogens is 2. The molecule has 1 amide bonds. The molecule has 0 bridgehead atoms. The van der Waals surface area contributed by atoms with Gasteiger partial charge in [0.05, 0.1) is 5.75 Å². The van der Waals surface area contributed by atoms with E-state index in [1.807, 2.05) is 0 Å². The van der Waals surface area contributed by atoms with Crippen molar-refractivity contribution in [3.05, 3.63) is 64.7 Å². The van der Waals surface area contributed by atoms with Gasteiger partial charge in [0.1, 0.15) is 0 Å². The van der Waals surface area contributed by atoms with Crippen molar-refractivity contribution in [3.63, 3.8) is 0 Å². The third-order valence-corrected chi connectivity index (χ3v) is 6.62. The number of anilines is 2. The molecule has 0 saturated carbocycles. The Morgan fingerprint density at radius 1 is 1.00 bits per heavy atom. The van der Waals surface area contributed by atoms with E-state index in [1.165, 1.54) is 23.1 Å². The lowest BCUT2D eigenvalue weighted by molar-refractivity contribution is -0.113. The maximum atomic E-state index is 12.8. The van der Waals surface area contributed by atoms with Crippen LogP contribution in [0.25, 0.3) is 0 Å². The van der Waals surface area contributed by atoms with Crippen LogP contribution in [-0.2, 0) is 4.79 Å². The molecule has 0 radical (unpaired) electrons. The van der Waals surface area contributed by atoms with Crippen molar-refractivity contribution >= 4 is 51.4 Å². The number of nitrogens with zero attached hydrogens (tertiary/aromatic N) is 2. The highest BCUT2D eigenvalue weighted by Crippen LogP contribution is 2.29. The van der Waals surface area contributed by atoms with E-state index in [1.54, 1.807) is 42.5 Å². The van der Waals surface area contributed by atoms with Crippen LogP contribution in [0.3, 0.4) is 0 Å². The second-order valence-corrected chi connectivity index (χ2v) is 9.65. The van der Waals surface area contributed by atoms with Crippen molar-refractivity contribution in [2.24, 2.45) is 5.92 Å².